The Hall–Kier alpha value is -0.860. The van der Waals surface area contributed by atoms with E-state index in [1.807, 2.05) is 0 Å². The number of carbonyl (C=O) groups excluding carboxylic acids is 2. The van der Waals surface area contributed by atoms with Crippen LogP contribution in [0.4, 0.5) is 0 Å². The minimum atomic E-state index is -0.299. The molecule has 3 nitrogen and oxygen atoms in total. The molecule has 0 amide bonds. The zero-order chi connectivity index (χ0) is 13.8. The molecule has 0 spiro atoms. The molecule has 0 saturated heterocycles. The van der Waals surface area contributed by atoms with Gasteiger partial charge in [0, 0.05) is 11.8 Å². The van der Waals surface area contributed by atoms with E-state index in [0.29, 0.717) is 18.1 Å². The van der Waals surface area contributed by atoms with Crippen LogP contribution in [0.1, 0.15) is 59.3 Å². The smallest absolute Gasteiger partial charge is 0.306 e. The number of ketones is 1. The van der Waals surface area contributed by atoms with Crippen LogP contribution in [0, 0.1) is 23.2 Å². The first-order valence-electron chi connectivity index (χ1n) is 7.52. The largest absolute Gasteiger partial charge is 0.459 e. The lowest BCUT2D eigenvalue weighted by Crippen LogP contribution is -2.57. The van der Waals surface area contributed by atoms with E-state index < -0.39 is 0 Å². The van der Waals surface area contributed by atoms with Crippen molar-refractivity contribution >= 4 is 11.8 Å². The molecule has 0 aliphatic heterocycles. The Bertz CT molecular complexity index is 400. The molecule has 4 saturated carbocycles. The SMILES string of the molecule is CC(C)(C)CC(=O)OC12CC3CC(C1)C(=O)C(C3)C2. The molecule has 0 radical (unpaired) electrons. The second kappa shape index (κ2) is 4.07. The van der Waals surface area contributed by atoms with E-state index in [0.717, 1.165) is 32.1 Å². The van der Waals surface area contributed by atoms with Gasteiger partial charge in [-0.3, -0.25) is 9.59 Å². The van der Waals surface area contributed by atoms with E-state index in [4.69, 9.17) is 4.74 Å². The summed E-state index contributed by atoms with van der Waals surface area (Å²) in [5, 5.41) is 0. The van der Waals surface area contributed by atoms with Gasteiger partial charge in [-0.15, -0.1) is 0 Å². The summed E-state index contributed by atoms with van der Waals surface area (Å²) < 4.78 is 5.88. The van der Waals surface area contributed by atoms with Gasteiger partial charge in [-0.2, -0.15) is 0 Å². The third-order valence-electron chi connectivity index (χ3n) is 4.94. The van der Waals surface area contributed by atoms with E-state index in [9.17, 15) is 9.59 Å². The number of rotatable bonds is 2. The molecular formula is C16H24O3. The van der Waals surface area contributed by atoms with Crippen molar-refractivity contribution < 1.29 is 14.3 Å². The molecule has 106 valence electrons. The Morgan fingerprint density at radius 1 is 1.21 bits per heavy atom. The molecule has 0 N–H and O–H groups in total. The summed E-state index contributed by atoms with van der Waals surface area (Å²) in [5.74, 6) is 1.32. The maximum absolute atomic E-state index is 12.1. The molecular weight excluding hydrogens is 240 g/mol. The Balaban J connectivity index is 1.71. The van der Waals surface area contributed by atoms with Gasteiger partial charge in [-0.25, -0.2) is 0 Å². The first-order chi connectivity index (χ1) is 8.76. The topological polar surface area (TPSA) is 43.4 Å². The molecule has 4 aliphatic rings. The van der Waals surface area contributed by atoms with Crippen molar-refractivity contribution in [3.8, 4) is 0 Å². The van der Waals surface area contributed by atoms with Gasteiger partial charge in [0.25, 0.3) is 0 Å². The Kier molecular flexibility index (Phi) is 2.81. The quantitative estimate of drug-likeness (QED) is 0.720. The average Bonchev–Trinajstić information content (AvgIpc) is 2.20. The van der Waals surface area contributed by atoms with Crippen LogP contribution >= 0.6 is 0 Å². The second-order valence-corrected chi connectivity index (χ2v) is 8.14. The van der Waals surface area contributed by atoms with Gasteiger partial charge < -0.3 is 4.74 Å². The van der Waals surface area contributed by atoms with Crippen LogP contribution in [0.15, 0.2) is 0 Å². The number of hydrogen-bond acceptors (Lipinski definition) is 3. The van der Waals surface area contributed by atoms with Crippen LogP contribution < -0.4 is 0 Å². The molecule has 0 aromatic heterocycles. The van der Waals surface area contributed by atoms with Crippen LogP contribution in [-0.4, -0.2) is 17.4 Å². The molecule has 0 aromatic rings. The third kappa shape index (κ3) is 2.44. The van der Waals surface area contributed by atoms with Crippen LogP contribution in [0.25, 0.3) is 0 Å². The summed E-state index contributed by atoms with van der Waals surface area (Å²) in [6.07, 6.45) is 5.09. The maximum atomic E-state index is 12.1. The summed E-state index contributed by atoms with van der Waals surface area (Å²) in [6.45, 7) is 6.16. The maximum Gasteiger partial charge on any atom is 0.306 e. The lowest BCUT2D eigenvalue weighted by Gasteiger charge is -2.54. The fourth-order valence-electron chi connectivity index (χ4n) is 4.51. The van der Waals surface area contributed by atoms with Gasteiger partial charge in [0.1, 0.15) is 11.4 Å². The van der Waals surface area contributed by atoms with Crippen molar-refractivity contribution in [1.29, 1.82) is 0 Å². The summed E-state index contributed by atoms with van der Waals surface area (Å²) in [7, 11) is 0. The third-order valence-corrected chi connectivity index (χ3v) is 4.94. The van der Waals surface area contributed by atoms with E-state index in [2.05, 4.69) is 20.8 Å². The summed E-state index contributed by atoms with van der Waals surface area (Å²) in [4.78, 5) is 24.2. The molecule has 19 heavy (non-hydrogen) atoms. The Labute approximate surface area is 115 Å². The lowest BCUT2D eigenvalue weighted by atomic mass is 9.53. The van der Waals surface area contributed by atoms with Gasteiger partial charge in [-0.1, -0.05) is 20.8 Å². The average molecular weight is 264 g/mol. The van der Waals surface area contributed by atoms with E-state index in [1.54, 1.807) is 0 Å². The number of carbonyl (C=O) groups is 2. The van der Waals surface area contributed by atoms with Crippen molar-refractivity contribution in [1.82, 2.24) is 0 Å². The van der Waals surface area contributed by atoms with Gasteiger partial charge >= 0.3 is 5.97 Å². The van der Waals surface area contributed by atoms with Gasteiger partial charge in [-0.05, 0) is 43.4 Å². The molecule has 4 bridgehead atoms. The standard InChI is InChI=1S/C16H24O3/c1-15(2,3)9-13(17)19-16-6-10-4-11(7-16)14(18)12(5-10)8-16/h10-12H,4-9H2,1-3H3. The normalized spacial score (nSPS) is 40.6. The van der Waals surface area contributed by atoms with E-state index >= 15 is 0 Å². The predicted octanol–water partition coefficient (Wildman–Crippen LogP) is 3.11. The molecule has 2 atom stereocenters. The van der Waals surface area contributed by atoms with Crippen LogP contribution in [0.3, 0.4) is 0 Å². The first kappa shape index (κ1) is 13.1. The highest BCUT2D eigenvalue weighted by atomic mass is 16.6. The molecule has 4 rings (SSSR count). The van der Waals surface area contributed by atoms with Crippen molar-refractivity contribution in [2.24, 2.45) is 23.2 Å². The Morgan fingerprint density at radius 2 is 1.79 bits per heavy atom. The van der Waals surface area contributed by atoms with Gasteiger partial charge in [0.15, 0.2) is 0 Å². The summed E-state index contributed by atoms with van der Waals surface area (Å²) >= 11 is 0. The molecule has 3 heteroatoms. The highest BCUT2D eigenvalue weighted by molar-refractivity contribution is 5.86. The predicted molar refractivity (Wildman–Crippen MR) is 71.5 cm³/mol. The number of esters is 1. The van der Waals surface area contributed by atoms with Crippen molar-refractivity contribution in [3.05, 3.63) is 0 Å². The fraction of sp³-hybridized carbons (Fsp3) is 0.875. The molecule has 4 aliphatic carbocycles. The van der Waals surface area contributed by atoms with E-state index in [1.165, 1.54) is 0 Å². The van der Waals surface area contributed by atoms with Crippen LogP contribution in [-0.2, 0) is 14.3 Å². The number of Topliss-reactive ketones (excluding diaryl/α,β-unsaturated/α-hetero) is 1. The minimum absolute atomic E-state index is 0.0325. The van der Waals surface area contributed by atoms with Crippen molar-refractivity contribution in [2.75, 3.05) is 0 Å². The molecule has 0 heterocycles. The second-order valence-electron chi connectivity index (χ2n) is 8.14. The zero-order valence-electron chi connectivity index (χ0n) is 12.2. The van der Waals surface area contributed by atoms with Crippen molar-refractivity contribution in [2.45, 2.75) is 64.9 Å². The van der Waals surface area contributed by atoms with E-state index in [-0.39, 0.29) is 28.8 Å². The van der Waals surface area contributed by atoms with Gasteiger partial charge in [0.05, 0.1) is 6.42 Å². The molecule has 2 unspecified atom stereocenters. The molecule has 4 fully saturated rings. The van der Waals surface area contributed by atoms with Crippen LogP contribution in [0.2, 0.25) is 0 Å². The highest BCUT2D eigenvalue weighted by Gasteiger charge is 2.57. The van der Waals surface area contributed by atoms with Crippen molar-refractivity contribution in [3.63, 3.8) is 0 Å². The highest BCUT2D eigenvalue weighted by Crippen LogP contribution is 2.55. The first-order valence-corrected chi connectivity index (χ1v) is 7.52. The van der Waals surface area contributed by atoms with Gasteiger partial charge in [0.2, 0.25) is 0 Å². The van der Waals surface area contributed by atoms with Crippen LogP contribution in [0.5, 0.6) is 0 Å². The molecule has 0 aromatic carbocycles. The Morgan fingerprint density at radius 3 is 2.32 bits per heavy atom. The summed E-state index contributed by atoms with van der Waals surface area (Å²) in [5.41, 5.74) is -0.331. The zero-order valence-corrected chi connectivity index (χ0v) is 12.2. The number of hydrogen-bond donors (Lipinski definition) is 0. The minimum Gasteiger partial charge on any atom is -0.459 e. The fourth-order valence-corrected chi connectivity index (χ4v) is 4.51. The lowest BCUT2D eigenvalue weighted by molar-refractivity contribution is -0.190. The monoisotopic (exact) mass is 264 g/mol. The summed E-state index contributed by atoms with van der Waals surface area (Å²) in [6, 6.07) is 0. The number of ether oxygens (including phenoxy) is 1.